The van der Waals surface area contributed by atoms with Crippen molar-refractivity contribution in [1.82, 2.24) is 15.1 Å². The van der Waals surface area contributed by atoms with E-state index in [1.54, 1.807) is 0 Å². The Labute approximate surface area is 119 Å². The number of piperidine rings is 1. The van der Waals surface area contributed by atoms with E-state index >= 15 is 0 Å². The monoisotopic (exact) mass is 267 g/mol. The van der Waals surface area contributed by atoms with Gasteiger partial charge in [0.1, 0.15) is 0 Å². The second kappa shape index (κ2) is 7.05. The van der Waals surface area contributed by atoms with Crippen molar-refractivity contribution in [3.63, 3.8) is 0 Å². The molecule has 2 saturated heterocycles. The van der Waals surface area contributed by atoms with Crippen LogP contribution in [0.3, 0.4) is 0 Å². The Morgan fingerprint density at radius 1 is 1.26 bits per heavy atom. The molecular weight excluding hydrogens is 234 g/mol. The van der Waals surface area contributed by atoms with Gasteiger partial charge in [0.15, 0.2) is 0 Å². The molecule has 2 aliphatic rings. The molecule has 0 radical (unpaired) electrons. The number of likely N-dealkylation sites (N-methyl/N-ethyl adjacent to an activating group) is 1. The lowest BCUT2D eigenvalue weighted by molar-refractivity contribution is 0.0536. The Morgan fingerprint density at radius 2 is 2.05 bits per heavy atom. The van der Waals surface area contributed by atoms with E-state index < -0.39 is 0 Å². The zero-order chi connectivity index (χ0) is 13.8. The van der Waals surface area contributed by atoms with E-state index in [4.69, 9.17) is 0 Å². The molecule has 0 aromatic rings. The number of likely N-dealkylation sites (tertiary alicyclic amines) is 1. The van der Waals surface area contributed by atoms with Crippen LogP contribution in [0.1, 0.15) is 46.5 Å². The number of hydrogen-bond donors (Lipinski definition) is 1. The molecule has 2 aliphatic heterocycles. The van der Waals surface area contributed by atoms with Gasteiger partial charge in [-0.1, -0.05) is 27.2 Å². The first-order chi connectivity index (χ1) is 9.11. The number of hydrogen-bond acceptors (Lipinski definition) is 3. The van der Waals surface area contributed by atoms with Crippen LogP contribution in [-0.2, 0) is 0 Å². The molecule has 112 valence electrons. The van der Waals surface area contributed by atoms with Crippen LogP contribution in [0.25, 0.3) is 0 Å². The lowest BCUT2D eigenvalue weighted by Gasteiger charge is -2.45. The van der Waals surface area contributed by atoms with E-state index in [0.29, 0.717) is 6.04 Å². The van der Waals surface area contributed by atoms with Crippen molar-refractivity contribution >= 4 is 0 Å². The molecule has 0 amide bonds. The van der Waals surface area contributed by atoms with Crippen LogP contribution in [0.2, 0.25) is 0 Å². The molecule has 0 aliphatic carbocycles. The summed E-state index contributed by atoms with van der Waals surface area (Å²) in [5, 5.41) is 3.72. The molecule has 2 fully saturated rings. The van der Waals surface area contributed by atoms with Crippen LogP contribution in [0.4, 0.5) is 0 Å². The highest BCUT2D eigenvalue weighted by Crippen LogP contribution is 2.21. The molecule has 0 spiro atoms. The van der Waals surface area contributed by atoms with Gasteiger partial charge in [-0.15, -0.1) is 0 Å². The van der Waals surface area contributed by atoms with E-state index in [1.807, 2.05) is 0 Å². The van der Waals surface area contributed by atoms with Gasteiger partial charge in [-0.05, 0) is 38.8 Å². The standard InChI is InChI=1S/C16H33N3/c1-5-14-11-19(16(10-17-14)13(2)3)12-15-8-6-7-9-18(15)4/h13-17H,5-12H2,1-4H3. The summed E-state index contributed by atoms with van der Waals surface area (Å²) in [6, 6.07) is 2.20. The molecule has 3 heteroatoms. The van der Waals surface area contributed by atoms with Gasteiger partial charge in [0, 0.05) is 37.8 Å². The zero-order valence-electron chi connectivity index (χ0n) is 13.4. The van der Waals surface area contributed by atoms with Gasteiger partial charge in [-0.3, -0.25) is 4.90 Å². The summed E-state index contributed by atoms with van der Waals surface area (Å²) >= 11 is 0. The van der Waals surface area contributed by atoms with Crippen LogP contribution >= 0.6 is 0 Å². The lowest BCUT2D eigenvalue weighted by atomic mass is 9.95. The van der Waals surface area contributed by atoms with E-state index in [9.17, 15) is 0 Å². The topological polar surface area (TPSA) is 18.5 Å². The fourth-order valence-corrected chi connectivity index (χ4v) is 3.69. The van der Waals surface area contributed by atoms with Crippen LogP contribution in [0.5, 0.6) is 0 Å². The number of rotatable bonds is 4. The molecule has 0 bridgehead atoms. The summed E-state index contributed by atoms with van der Waals surface area (Å²) in [5.74, 6) is 0.749. The Morgan fingerprint density at radius 3 is 2.68 bits per heavy atom. The minimum Gasteiger partial charge on any atom is -0.311 e. The molecule has 3 unspecified atom stereocenters. The SMILES string of the molecule is CCC1CN(CC2CCCCN2C)C(C(C)C)CN1. The first kappa shape index (κ1) is 15.3. The highest BCUT2D eigenvalue weighted by Gasteiger charge is 2.31. The molecule has 2 rings (SSSR count). The molecule has 3 atom stereocenters. The second-order valence-corrected chi connectivity index (χ2v) is 6.91. The van der Waals surface area contributed by atoms with Crippen LogP contribution < -0.4 is 5.32 Å². The number of nitrogens with zero attached hydrogens (tertiary/aromatic N) is 2. The first-order valence-electron chi connectivity index (χ1n) is 8.29. The average Bonchev–Trinajstić information content (AvgIpc) is 2.41. The van der Waals surface area contributed by atoms with Crippen LogP contribution in [0, 0.1) is 5.92 Å². The summed E-state index contributed by atoms with van der Waals surface area (Å²) in [4.78, 5) is 5.37. The summed E-state index contributed by atoms with van der Waals surface area (Å²) in [5.41, 5.74) is 0. The largest absolute Gasteiger partial charge is 0.311 e. The Bertz CT molecular complexity index is 267. The summed E-state index contributed by atoms with van der Waals surface area (Å²) in [6.07, 6.45) is 5.45. The van der Waals surface area contributed by atoms with Gasteiger partial charge in [0.25, 0.3) is 0 Å². The third-order valence-electron chi connectivity index (χ3n) is 5.17. The van der Waals surface area contributed by atoms with Crippen LogP contribution in [-0.4, -0.2) is 61.2 Å². The third-order valence-corrected chi connectivity index (χ3v) is 5.17. The molecule has 19 heavy (non-hydrogen) atoms. The minimum absolute atomic E-state index is 0.698. The Hall–Kier alpha value is -0.120. The maximum atomic E-state index is 3.72. The molecule has 2 heterocycles. The summed E-state index contributed by atoms with van der Waals surface area (Å²) in [7, 11) is 2.31. The maximum absolute atomic E-state index is 3.72. The molecule has 0 aromatic heterocycles. The van der Waals surface area contributed by atoms with Gasteiger partial charge >= 0.3 is 0 Å². The smallest absolute Gasteiger partial charge is 0.0245 e. The predicted molar refractivity (Wildman–Crippen MR) is 82.5 cm³/mol. The Balaban J connectivity index is 1.96. The zero-order valence-corrected chi connectivity index (χ0v) is 13.4. The molecule has 0 aromatic carbocycles. The average molecular weight is 267 g/mol. The predicted octanol–water partition coefficient (Wildman–Crippen LogP) is 2.18. The highest BCUT2D eigenvalue weighted by molar-refractivity contribution is 4.90. The van der Waals surface area contributed by atoms with Crippen molar-refractivity contribution in [2.75, 3.05) is 33.2 Å². The minimum atomic E-state index is 0.698. The molecular formula is C16H33N3. The fraction of sp³-hybridized carbons (Fsp3) is 1.00. The summed E-state index contributed by atoms with van der Waals surface area (Å²) < 4.78 is 0. The van der Waals surface area contributed by atoms with E-state index in [2.05, 4.69) is 42.9 Å². The van der Waals surface area contributed by atoms with E-state index in [1.165, 1.54) is 51.9 Å². The van der Waals surface area contributed by atoms with Gasteiger partial charge < -0.3 is 10.2 Å². The molecule has 3 nitrogen and oxygen atoms in total. The van der Waals surface area contributed by atoms with Crippen molar-refractivity contribution < 1.29 is 0 Å². The van der Waals surface area contributed by atoms with Crippen molar-refractivity contribution in [3.05, 3.63) is 0 Å². The summed E-state index contributed by atoms with van der Waals surface area (Å²) in [6.45, 7) is 12.0. The van der Waals surface area contributed by atoms with E-state index in [0.717, 1.165) is 18.0 Å². The first-order valence-corrected chi connectivity index (χ1v) is 8.29. The fourth-order valence-electron chi connectivity index (χ4n) is 3.69. The van der Waals surface area contributed by atoms with Crippen molar-refractivity contribution in [2.45, 2.75) is 64.6 Å². The second-order valence-electron chi connectivity index (χ2n) is 6.91. The van der Waals surface area contributed by atoms with Crippen molar-refractivity contribution in [1.29, 1.82) is 0 Å². The Kier molecular flexibility index (Phi) is 5.67. The van der Waals surface area contributed by atoms with Gasteiger partial charge in [0.05, 0.1) is 0 Å². The van der Waals surface area contributed by atoms with E-state index in [-0.39, 0.29) is 0 Å². The van der Waals surface area contributed by atoms with Crippen LogP contribution in [0.15, 0.2) is 0 Å². The highest BCUT2D eigenvalue weighted by atomic mass is 15.3. The van der Waals surface area contributed by atoms with Gasteiger partial charge in [0.2, 0.25) is 0 Å². The number of nitrogens with one attached hydrogen (secondary N) is 1. The van der Waals surface area contributed by atoms with Crippen molar-refractivity contribution in [2.24, 2.45) is 5.92 Å². The maximum Gasteiger partial charge on any atom is 0.0245 e. The molecule has 1 N–H and O–H groups in total. The quantitative estimate of drug-likeness (QED) is 0.842. The third kappa shape index (κ3) is 3.93. The van der Waals surface area contributed by atoms with Crippen molar-refractivity contribution in [3.8, 4) is 0 Å². The van der Waals surface area contributed by atoms with Gasteiger partial charge in [-0.2, -0.15) is 0 Å². The van der Waals surface area contributed by atoms with Gasteiger partial charge in [-0.25, -0.2) is 0 Å². The number of piperazine rings is 1. The lowest BCUT2D eigenvalue weighted by Crippen LogP contribution is -2.60. The normalized spacial score (nSPS) is 34.9. The molecule has 0 saturated carbocycles.